The molecule has 1 aliphatic heterocycles. The third kappa shape index (κ3) is 5.90. The third-order valence-corrected chi connectivity index (χ3v) is 6.64. The van der Waals surface area contributed by atoms with Crippen molar-refractivity contribution in [2.75, 3.05) is 41.5 Å². The zero-order valence-electron chi connectivity index (χ0n) is 20.8. The first kappa shape index (κ1) is 26.5. The van der Waals surface area contributed by atoms with Gasteiger partial charge < -0.3 is 31.3 Å². The van der Waals surface area contributed by atoms with E-state index in [1.54, 1.807) is 19.2 Å². The van der Waals surface area contributed by atoms with Crippen LogP contribution in [-0.2, 0) is 4.79 Å². The summed E-state index contributed by atoms with van der Waals surface area (Å²) in [6.07, 6.45) is 2.63. The average molecular weight is 542 g/mol. The van der Waals surface area contributed by atoms with Gasteiger partial charge in [-0.3, -0.25) is 4.79 Å². The number of carbonyl (C=O) groups excluding carboxylic acids is 1. The summed E-state index contributed by atoms with van der Waals surface area (Å²) in [5.41, 5.74) is 9.53. The van der Waals surface area contributed by atoms with Crippen molar-refractivity contribution in [3.63, 3.8) is 0 Å². The number of carbonyl (C=O) groups is 1. The highest BCUT2D eigenvalue weighted by Gasteiger charge is 2.23. The first-order valence-electron chi connectivity index (χ1n) is 11.7. The topological polar surface area (TPSA) is 117 Å². The van der Waals surface area contributed by atoms with Crippen molar-refractivity contribution in [3.8, 4) is 17.0 Å². The molecule has 0 unspecified atom stereocenters. The number of rotatable bonds is 7. The number of halogens is 2. The first-order chi connectivity index (χ1) is 17.7. The molecular formula is C26H29Cl2N7O2. The molecule has 4 rings (SSSR count). The van der Waals surface area contributed by atoms with Gasteiger partial charge in [0.25, 0.3) is 0 Å². The standard InChI is InChI=1S/C26H29Cl2N7O2/c1-5-22(36)33-19-8-7-17(24(29)23(19)28)25-18(27)11-30-26(34-25)32-16-6-9-20(21(10-16)37-4)35-12-14(2)31-15(3)13-35/h5-11,14-15,31H,1,12-13,29H2,2-4H3,(H,33,36)(H,30,32,34)/t14-,15+. The third-order valence-electron chi connectivity index (χ3n) is 5.96. The molecule has 1 amide bonds. The Labute approximate surface area is 226 Å². The number of anilines is 5. The van der Waals surface area contributed by atoms with Crippen LogP contribution in [0.1, 0.15) is 13.8 Å². The zero-order chi connectivity index (χ0) is 26.7. The fraction of sp³-hybridized carbons (Fsp3) is 0.269. The van der Waals surface area contributed by atoms with Gasteiger partial charge in [0.2, 0.25) is 11.9 Å². The smallest absolute Gasteiger partial charge is 0.247 e. The minimum Gasteiger partial charge on any atom is -0.495 e. The van der Waals surface area contributed by atoms with Gasteiger partial charge >= 0.3 is 0 Å². The Hall–Kier alpha value is -3.53. The van der Waals surface area contributed by atoms with Gasteiger partial charge in [-0.05, 0) is 44.2 Å². The molecule has 0 bridgehead atoms. The van der Waals surface area contributed by atoms with E-state index in [2.05, 4.69) is 51.2 Å². The molecule has 0 spiro atoms. The number of hydrogen-bond acceptors (Lipinski definition) is 8. The molecule has 2 aromatic carbocycles. The van der Waals surface area contributed by atoms with Gasteiger partial charge in [0.05, 0.1) is 46.1 Å². The zero-order valence-corrected chi connectivity index (χ0v) is 22.3. The van der Waals surface area contributed by atoms with Gasteiger partial charge in [-0.1, -0.05) is 29.8 Å². The molecule has 37 heavy (non-hydrogen) atoms. The number of nitrogen functional groups attached to an aromatic ring is 1. The number of methoxy groups -OCH3 is 1. The summed E-state index contributed by atoms with van der Waals surface area (Å²) in [6.45, 7) is 9.55. The summed E-state index contributed by atoms with van der Waals surface area (Å²) < 4.78 is 5.70. The van der Waals surface area contributed by atoms with Gasteiger partial charge in [0.15, 0.2) is 0 Å². The van der Waals surface area contributed by atoms with Crippen LogP contribution in [0.25, 0.3) is 11.3 Å². The molecule has 0 saturated carbocycles. The van der Waals surface area contributed by atoms with Crippen LogP contribution < -0.4 is 31.3 Å². The Balaban J connectivity index is 1.61. The molecule has 194 valence electrons. The van der Waals surface area contributed by atoms with Gasteiger partial charge in [0, 0.05) is 42.5 Å². The molecule has 3 aromatic rings. The Bertz CT molecular complexity index is 1320. The van der Waals surface area contributed by atoms with E-state index in [0.717, 1.165) is 36.3 Å². The maximum absolute atomic E-state index is 11.7. The second-order valence-corrected chi connectivity index (χ2v) is 9.64. The van der Waals surface area contributed by atoms with Crippen molar-refractivity contribution < 1.29 is 9.53 Å². The monoisotopic (exact) mass is 541 g/mol. The van der Waals surface area contributed by atoms with Crippen LogP contribution in [0, 0.1) is 0 Å². The molecule has 11 heteroatoms. The van der Waals surface area contributed by atoms with Crippen molar-refractivity contribution in [3.05, 3.63) is 59.2 Å². The summed E-state index contributed by atoms with van der Waals surface area (Å²) in [5.74, 6) is 0.662. The minimum absolute atomic E-state index is 0.175. The van der Waals surface area contributed by atoms with Crippen LogP contribution in [0.5, 0.6) is 5.75 Å². The number of nitrogens with one attached hydrogen (secondary N) is 3. The van der Waals surface area contributed by atoms with Crippen molar-refractivity contribution >= 4 is 57.8 Å². The molecule has 0 radical (unpaired) electrons. The SMILES string of the molecule is C=CC(=O)Nc1ccc(-c2nc(Nc3ccc(N4C[C@@H](C)N[C@@H](C)C4)c(OC)c3)ncc2Cl)c(N)c1Cl. The van der Waals surface area contributed by atoms with Crippen molar-refractivity contribution in [2.24, 2.45) is 0 Å². The van der Waals surface area contributed by atoms with E-state index in [1.807, 2.05) is 18.2 Å². The van der Waals surface area contributed by atoms with Gasteiger partial charge in [-0.15, -0.1) is 0 Å². The summed E-state index contributed by atoms with van der Waals surface area (Å²) in [6, 6.07) is 9.95. The molecule has 5 N–H and O–H groups in total. The lowest BCUT2D eigenvalue weighted by Crippen LogP contribution is -2.54. The predicted molar refractivity (Wildman–Crippen MR) is 151 cm³/mol. The highest BCUT2D eigenvalue weighted by molar-refractivity contribution is 6.37. The van der Waals surface area contributed by atoms with Crippen LogP contribution in [-0.4, -0.2) is 48.2 Å². The van der Waals surface area contributed by atoms with Crippen LogP contribution in [0.15, 0.2) is 49.2 Å². The highest BCUT2D eigenvalue weighted by Crippen LogP contribution is 2.39. The van der Waals surface area contributed by atoms with E-state index >= 15 is 0 Å². The molecule has 1 saturated heterocycles. The summed E-state index contributed by atoms with van der Waals surface area (Å²) in [4.78, 5) is 22.9. The number of aromatic nitrogens is 2. The summed E-state index contributed by atoms with van der Waals surface area (Å²) >= 11 is 12.8. The first-order valence-corrected chi connectivity index (χ1v) is 12.5. The number of piperazine rings is 1. The maximum atomic E-state index is 11.7. The van der Waals surface area contributed by atoms with E-state index in [1.165, 1.54) is 6.20 Å². The van der Waals surface area contributed by atoms with E-state index in [4.69, 9.17) is 33.7 Å². The van der Waals surface area contributed by atoms with E-state index in [0.29, 0.717) is 40.0 Å². The Kier molecular flexibility index (Phi) is 8.06. The number of nitrogens with zero attached hydrogens (tertiary/aromatic N) is 3. The fourth-order valence-corrected chi connectivity index (χ4v) is 4.77. The Morgan fingerprint density at radius 3 is 2.65 bits per heavy atom. The molecule has 1 aromatic heterocycles. The summed E-state index contributed by atoms with van der Waals surface area (Å²) in [5, 5.41) is 9.84. The van der Waals surface area contributed by atoms with Gasteiger partial charge in [-0.25, -0.2) is 9.97 Å². The maximum Gasteiger partial charge on any atom is 0.247 e. The molecule has 1 aliphatic rings. The summed E-state index contributed by atoms with van der Waals surface area (Å²) in [7, 11) is 1.65. The lowest BCUT2D eigenvalue weighted by atomic mass is 10.1. The second kappa shape index (κ2) is 11.2. The Morgan fingerprint density at radius 2 is 1.97 bits per heavy atom. The molecule has 2 heterocycles. The lowest BCUT2D eigenvalue weighted by Gasteiger charge is -2.38. The average Bonchev–Trinajstić information content (AvgIpc) is 2.87. The minimum atomic E-state index is -0.400. The number of ether oxygens (including phenoxy) is 1. The van der Waals surface area contributed by atoms with Crippen LogP contribution in [0.4, 0.5) is 28.7 Å². The molecule has 0 aliphatic carbocycles. The highest BCUT2D eigenvalue weighted by atomic mass is 35.5. The van der Waals surface area contributed by atoms with Gasteiger partial charge in [-0.2, -0.15) is 0 Å². The lowest BCUT2D eigenvalue weighted by molar-refractivity contribution is -0.111. The van der Waals surface area contributed by atoms with Gasteiger partial charge in [0.1, 0.15) is 5.75 Å². The van der Waals surface area contributed by atoms with Crippen molar-refractivity contribution in [1.29, 1.82) is 0 Å². The number of benzene rings is 2. The molecule has 1 fully saturated rings. The second-order valence-electron chi connectivity index (χ2n) is 8.86. The van der Waals surface area contributed by atoms with Crippen molar-refractivity contribution in [1.82, 2.24) is 15.3 Å². The molecule has 9 nitrogen and oxygen atoms in total. The largest absolute Gasteiger partial charge is 0.495 e. The van der Waals surface area contributed by atoms with E-state index in [9.17, 15) is 4.79 Å². The Morgan fingerprint density at radius 1 is 1.24 bits per heavy atom. The van der Waals surface area contributed by atoms with Crippen LogP contribution in [0.3, 0.4) is 0 Å². The van der Waals surface area contributed by atoms with E-state index < -0.39 is 5.91 Å². The van der Waals surface area contributed by atoms with Crippen molar-refractivity contribution in [2.45, 2.75) is 25.9 Å². The molecule has 2 atom stereocenters. The van der Waals surface area contributed by atoms with Crippen LogP contribution >= 0.6 is 23.2 Å². The number of nitrogens with two attached hydrogens (primary N) is 1. The predicted octanol–water partition coefficient (Wildman–Crippen LogP) is 5.10. The quantitative estimate of drug-likeness (QED) is 0.241. The molecular weight excluding hydrogens is 513 g/mol. The van der Waals surface area contributed by atoms with Crippen LogP contribution in [0.2, 0.25) is 10.0 Å². The van der Waals surface area contributed by atoms with E-state index in [-0.39, 0.29) is 10.7 Å². The normalized spacial score (nSPS) is 17.3. The number of hydrogen-bond donors (Lipinski definition) is 4. The number of amides is 1. The fourth-order valence-electron chi connectivity index (χ4n) is 4.37.